The Kier molecular flexibility index (Phi) is 41.1. The number of hydrogen-bond acceptors (Lipinski definition) is 4. The van der Waals surface area contributed by atoms with Crippen molar-refractivity contribution in [3.8, 4) is 0 Å². The Hall–Kier alpha value is 4.78. The normalized spacial score (nSPS) is 8.86. The summed E-state index contributed by atoms with van der Waals surface area (Å²) in [7, 11) is -10.1. The summed E-state index contributed by atoms with van der Waals surface area (Å²) in [6, 6.07) is 0. The molecule has 0 aromatic rings. The molecule has 14 heteroatoms. The van der Waals surface area contributed by atoms with Crippen molar-refractivity contribution in [1.29, 1.82) is 0 Å². The molecule has 0 radical (unpaired) electrons. The van der Waals surface area contributed by atoms with Crippen LogP contribution >= 0.6 is 28.1 Å². The molecule has 0 saturated heterocycles. The van der Waals surface area contributed by atoms with Crippen molar-refractivity contribution in [3.63, 3.8) is 0 Å². The molecule has 14 heavy (non-hydrogen) atoms. The Morgan fingerprint density at radius 1 is 0.857 bits per heavy atom. The van der Waals surface area contributed by atoms with E-state index in [1.807, 2.05) is 0 Å². The molecule has 0 heterocycles. The third-order valence-electron chi connectivity index (χ3n) is 0.213. The summed E-state index contributed by atoms with van der Waals surface area (Å²) < 4.78 is 22.2. The van der Waals surface area contributed by atoms with Crippen LogP contribution in [0.2, 0.25) is 0 Å². The summed E-state index contributed by atoms with van der Waals surface area (Å²) in [5, 5.41) is 0. The molecule has 8 nitrogen and oxygen atoms in total. The summed E-state index contributed by atoms with van der Waals surface area (Å²) >= 11 is 0. The van der Waals surface area contributed by atoms with Crippen molar-refractivity contribution in [3.05, 3.63) is 0 Å². The molecule has 78 valence electrons. The molecular weight excluding hydrogens is 325 g/mol. The predicted molar refractivity (Wildman–Crippen MR) is 58.9 cm³/mol. The topological polar surface area (TPSA) is 159 Å². The second kappa shape index (κ2) is 15.8. The zero-order chi connectivity index (χ0) is 7.71. The Morgan fingerprint density at radius 3 is 1.00 bits per heavy atom. The minimum absolute atomic E-state index is 0. The Labute approximate surface area is 194 Å². The van der Waals surface area contributed by atoms with Gasteiger partial charge in [-0.2, -0.15) is 4.31 Å². The van der Waals surface area contributed by atoms with Gasteiger partial charge >= 0.3 is 148 Å². The van der Waals surface area contributed by atoms with Crippen LogP contribution in [0.3, 0.4) is 0 Å². The molecule has 0 unspecified atom stereocenters. The van der Waals surface area contributed by atoms with E-state index in [0.717, 1.165) is 0 Å². The summed E-state index contributed by atoms with van der Waals surface area (Å²) in [4.78, 5) is 31.0. The fourth-order valence-corrected chi connectivity index (χ4v) is 1.25. The van der Waals surface area contributed by atoms with Crippen LogP contribution in [0, 0.1) is 0 Å². The first-order valence-electron chi connectivity index (χ1n) is 1.53. The van der Waals surface area contributed by atoms with Gasteiger partial charge in [-0.15, -0.1) is 12.4 Å². The molecule has 0 rings (SSSR count). The van der Waals surface area contributed by atoms with E-state index in [-0.39, 0.29) is 151 Å². The summed E-state index contributed by atoms with van der Waals surface area (Å²) in [6.45, 7) is 0. The Morgan fingerprint density at radius 2 is 1.00 bits per heavy atom. The van der Waals surface area contributed by atoms with Gasteiger partial charge in [-0.1, -0.05) is 0 Å². The van der Waals surface area contributed by atoms with Crippen molar-refractivity contribution >= 4 is 160 Å². The predicted octanol–water partition coefficient (Wildman–Crippen LogP) is -2.17. The molecule has 0 fully saturated rings. The van der Waals surface area contributed by atoms with E-state index < -0.39 is 15.6 Å². The van der Waals surface area contributed by atoms with Crippen molar-refractivity contribution in [2.45, 2.75) is 0 Å². The quantitative estimate of drug-likeness (QED) is 0.281. The molecule has 0 aliphatic heterocycles. The van der Waals surface area contributed by atoms with Gasteiger partial charge in [0, 0.05) is 0 Å². The Balaban J connectivity index is -0.0000000320. The SMILES string of the molecule is Cl.N.O=P(O)(O)OP(=O)(O)O.[KH].[KH].[NaH]. The maximum absolute atomic E-state index is 9.63. The van der Waals surface area contributed by atoms with Crippen LogP contribution in [0.5, 0.6) is 0 Å². The molecule has 0 aromatic carbocycles. The second-order valence-corrected chi connectivity index (χ2v) is 3.68. The van der Waals surface area contributed by atoms with Crippen LogP contribution in [0.1, 0.15) is 0 Å². The van der Waals surface area contributed by atoms with E-state index in [1.165, 1.54) is 0 Å². The van der Waals surface area contributed by atoms with Gasteiger partial charge in [0.15, 0.2) is 0 Å². The molecular formula is H11ClK2NNaO7P2. The van der Waals surface area contributed by atoms with Crippen molar-refractivity contribution in [1.82, 2.24) is 6.15 Å². The first kappa shape index (κ1) is 36.4. The standard InChI is InChI=1S/ClH.2K.H3N.Na.H4O7P2.3H/c;;;;;1-8(2,3)7-9(4,5)6;;;/h1H;;;1H3;;(H2,1,2,3)(H2,4,5,6);;;. The second-order valence-electron chi connectivity index (χ2n) is 1.06. The number of halogens is 1. The fraction of sp³-hybridized carbons (Fsp3) is 0. The van der Waals surface area contributed by atoms with Crippen molar-refractivity contribution < 1.29 is 33.0 Å². The average molecular weight is 336 g/mol. The van der Waals surface area contributed by atoms with E-state index >= 15 is 0 Å². The van der Waals surface area contributed by atoms with Gasteiger partial charge < -0.3 is 25.7 Å². The van der Waals surface area contributed by atoms with Gasteiger partial charge in [-0.05, 0) is 0 Å². The number of rotatable bonds is 2. The first-order valence-corrected chi connectivity index (χ1v) is 4.59. The van der Waals surface area contributed by atoms with Crippen molar-refractivity contribution in [2.24, 2.45) is 0 Å². The average Bonchev–Trinajstić information content (AvgIpc) is 1.14. The van der Waals surface area contributed by atoms with Gasteiger partial charge in [-0.3, -0.25) is 0 Å². The third kappa shape index (κ3) is 36.0. The zero-order valence-corrected chi connectivity index (χ0v) is 7.63. The van der Waals surface area contributed by atoms with Crippen LogP contribution in [0.15, 0.2) is 0 Å². The maximum atomic E-state index is 9.63. The molecule has 0 aliphatic carbocycles. The monoisotopic (exact) mass is 335 g/mol. The van der Waals surface area contributed by atoms with Crippen LogP contribution in [0.25, 0.3) is 0 Å². The summed E-state index contributed by atoms with van der Waals surface area (Å²) in [6.07, 6.45) is 0. The van der Waals surface area contributed by atoms with Crippen molar-refractivity contribution in [2.75, 3.05) is 0 Å². The minimum atomic E-state index is -5.05. The van der Waals surface area contributed by atoms with Gasteiger partial charge in [0.05, 0.1) is 0 Å². The van der Waals surface area contributed by atoms with E-state index in [4.69, 9.17) is 19.6 Å². The van der Waals surface area contributed by atoms with Gasteiger partial charge in [0.2, 0.25) is 0 Å². The molecule has 0 aromatic heterocycles. The van der Waals surface area contributed by atoms with Crippen LogP contribution < -0.4 is 6.15 Å². The van der Waals surface area contributed by atoms with Gasteiger partial charge in [0.25, 0.3) is 0 Å². The molecule has 0 aliphatic rings. The molecule has 0 amide bonds. The fourth-order valence-electron chi connectivity index (χ4n) is 0.139. The zero-order valence-electron chi connectivity index (χ0n) is 5.02. The van der Waals surface area contributed by atoms with E-state index in [9.17, 15) is 9.13 Å². The van der Waals surface area contributed by atoms with E-state index in [2.05, 4.69) is 4.31 Å². The molecule has 7 N–H and O–H groups in total. The van der Waals surface area contributed by atoms with Crippen LogP contribution in [-0.4, -0.2) is 152 Å². The molecule has 0 atom stereocenters. The molecule has 0 bridgehead atoms. The van der Waals surface area contributed by atoms with Crippen LogP contribution in [0.4, 0.5) is 0 Å². The van der Waals surface area contributed by atoms with Crippen LogP contribution in [-0.2, 0) is 13.4 Å². The van der Waals surface area contributed by atoms with Gasteiger partial charge in [0.1, 0.15) is 0 Å². The molecule has 0 spiro atoms. The molecule has 0 saturated carbocycles. The Bertz CT molecular complexity index is 170. The number of hydrogen-bond donors (Lipinski definition) is 5. The van der Waals surface area contributed by atoms with Gasteiger partial charge in [-0.25, -0.2) is 9.13 Å². The first-order chi connectivity index (χ1) is 3.71. The van der Waals surface area contributed by atoms with E-state index in [1.54, 1.807) is 0 Å². The summed E-state index contributed by atoms with van der Waals surface area (Å²) in [5.74, 6) is 0. The number of phosphoric acid groups is 2. The van der Waals surface area contributed by atoms with E-state index in [0.29, 0.717) is 0 Å². The summed E-state index contributed by atoms with van der Waals surface area (Å²) in [5.41, 5.74) is 0. The third-order valence-corrected chi connectivity index (χ3v) is 1.91.